The first-order chi connectivity index (χ1) is 8.48. The van der Waals surface area contributed by atoms with Gasteiger partial charge in [0.1, 0.15) is 0 Å². The lowest BCUT2D eigenvalue weighted by Crippen LogP contribution is -2.40. The number of aromatic nitrogens is 1. The van der Waals surface area contributed by atoms with Gasteiger partial charge in [-0.1, -0.05) is 0 Å². The molecule has 1 atom stereocenters. The van der Waals surface area contributed by atoms with E-state index in [9.17, 15) is 8.42 Å². The summed E-state index contributed by atoms with van der Waals surface area (Å²) in [6, 6.07) is 3.80. The Kier molecular flexibility index (Phi) is 5.71. The van der Waals surface area contributed by atoms with Crippen molar-refractivity contribution >= 4 is 10.0 Å². The van der Waals surface area contributed by atoms with Gasteiger partial charge in [0.2, 0.25) is 10.0 Å². The van der Waals surface area contributed by atoms with Crippen LogP contribution in [-0.4, -0.2) is 50.1 Å². The number of rotatable bonds is 7. The molecule has 0 aliphatic carbocycles. The highest BCUT2D eigenvalue weighted by Crippen LogP contribution is 2.08. The van der Waals surface area contributed by atoms with Crippen LogP contribution < -0.4 is 5.32 Å². The minimum Gasteiger partial charge on any atom is -0.318 e. The summed E-state index contributed by atoms with van der Waals surface area (Å²) in [7, 11) is 0.165. The Labute approximate surface area is 109 Å². The first kappa shape index (κ1) is 15.1. The van der Waals surface area contributed by atoms with E-state index in [2.05, 4.69) is 10.3 Å². The molecule has 5 nitrogen and oxygen atoms in total. The molecule has 0 amide bonds. The quantitative estimate of drug-likeness (QED) is 0.784. The molecular formula is C12H21N3O2S. The molecule has 18 heavy (non-hydrogen) atoms. The summed E-state index contributed by atoms with van der Waals surface area (Å²) >= 11 is 0. The molecule has 0 saturated carbocycles. The highest BCUT2D eigenvalue weighted by molar-refractivity contribution is 7.89. The van der Waals surface area contributed by atoms with Crippen LogP contribution in [0.1, 0.15) is 12.5 Å². The first-order valence-electron chi connectivity index (χ1n) is 5.97. The van der Waals surface area contributed by atoms with Crippen molar-refractivity contribution in [1.82, 2.24) is 14.6 Å². The van der Waals surface area contributed by atoms with Crippen molar-refractivity contribution in [2.75, 3.05) is 27.2 Å². The van der Waals surface area contributed by atoms with E-state index in [1.54, 1.807) is 33.4 Å². The van der Waals surface area contributed by atoms with Crippen LogP contribution in [0, 0.1) is 0 Å². The maximum absolute atomic E-state index is 12.1. The summed E-state index contributed by atoms with van der Waals surface area (Å²) in [5, 5.41) is 2.48. The van der Waals surface area contributed by atoms with E-state index < -0.39 is 15.3 Å². The van der Waals surface area contributed by atoms with Gasteiger partial charge in [0, 0.05) is 32.5 Å². The van der Waals surface area contributed by atoms with E-state index in [0.29, 0.717) is 19.5 Å². The van der Waals surface area contributed by atoms with Crippen molar-refractivity contribution < 1.29 is 8.42 Å². The van der Waals surface area contributed by atoms with Crippen LogP contribution in [-0.2, 0) is 16.4 Å². The lowest BCUT2D eigenvalue weighted by Gasteiger charge is -2.21. The number of nitrogens with one attached hydrogen (secondary N) is 1. The summed E-state index contributed by atoms with van der Waals surface area (Å²) in [6.45, 7) is 2.66. The topological polar surface area (TPSA) is 62.3 Å². The molecule has 1 unspecified atom stereocenters. The molecule has 1 N–H and O–H groups in total. The van der Waals surface area contributed by atoms with Crippen molar-refractivity contribution in [2.24, 2.45) is 0 Å². The van der Waals surface area contributed by atoms with Gasteiger partial charge in [0.15, 0.2) is 0 Å². The lowest BCUT2D eigenvalue weighted by molar-refractivity contribution is 0.461. The summed E-state index contributed by atoms with van der Waals surface area (Å²) in [5.74, 6) is 0. The van der Waals surface area contributed by atoms with Crippen LogP contribution in [0.4, 0.5) is 0 Å². The van der Waals surface area contributed by atoms with Gasteiger partial charge in [-0.2, -0.15) is 0 Å². The number of nitrogens with zero attached hydrogens (tertiary/aromatic N) is 2. The van der Waals surface area contributed by atoms with E-state index in [-0.39, 0.29) is 0 Å². The number of sulfonamides is 1. The van der Waals surface area contributed by atoms with Gasteiger partial charge in [-0.05, 0) is 38.1 Å². The molecule has 1 heterocycles. The summed E-state index contributed by atoms with van der Waals surface area (Å²) in [6.07, 6.45) is 4.13. The number of hydrogen-bond donors (Lipinski definition) is 1. The fourth-order valence-electron chi connectivity index (χ4n) is 1.66. The van der Waals surface area contributed by atoms with Gasteiger partial charge in [-0.3, -0.25) is 4.98 Å². The third-order valence-corrected chi connectivity index (χ3v) is 5.13. The van der Waals surface area contributed by atoms with Crippen molar-refractivity contribution in [1.29, 1.82) is 0 Å². The maximum atomic E-state index is 12.1. The Morgan fingerprint density at radius 1 is 1.39 bits per heavy atom. The fourth-order valence-corrected chi connectivity index (χ4v) is 3.00. The summed E-state index contributed by atoms with van der Waals surface area (Å²) in [4.78, 5) is 3.93. The molecular weight excluding hydrogens is 250 g/mol. The van der Waals surface area contributed by atoms with E-state index >= 15 is 0 Å². The number of likely N-dealkylation sites (N-methyl/N-ethyl adjacent to an activating group) is 1. The third-order valence-electron chi connectivity index (χ3n) is 2.90. The Balaban J connectivity index is 2.57. The number of hydrogen-bond acceptors (Lipinski definition) is 4. The molecule has 0 aromatic carbocycles. The second kappa shape index (κ2) is 6.82. The Bertz CT molecular complexity index is 448. The van der Waals surface area contributed by atoms with Crippen LogP contribution in [0.3, 0.4) is 0 Å². The Hall–Kier alpha value is -0.980. The smallest absolute Gasteiger partial charge is 0.217 e. The minimum atomic E-state index is -3.22. The molecule has 6 heteroatoms. The Morgan fingerprint density at radius 2 is 2.00 bits per heavy atom. The normalized spacial score (nSPS) is 13.8. The van der Waals surface area contributed by atoms with Gasteiger partial charge < -0.3 is 5.32 Å². The monoisotopic (exact) mass is 271 g/mol. The molecule has 0 aliphatic heterocycles. The summed E-state index contributed by atoms with van der Waals surface area (Å²) in [5.41, 5.74) is 1.09. The highest BCUT2D eigenvalue weighted by Gasteiger charge is 2.24. The third kappa shape index (κ3) is 4.04. The molecule has 1 aromatic heterocycles. The molecule has 0 aliphatic rings. The lowest BCUT2D eigenvalue weighted by atomic mass is 10.2. The second-order valence-corrected chi connectivity index (χ2v) is 6.80. The Morgan fingerprint density at radius 3 is 2.56 bits per heavy atom. The SMILES string of the molecule is CNCC(C)S(=O)(=O)N(C)CCc1ccncc1. The fraction of sp³-hybridized carbons (Fsp3) is 0.583. The average molecular weight is 271 g/mol. The van der Waals surface area contributed by atoms with E-state index in [1.165, 1.54) is 4.31 Å². The van der Waals surface area contributed by atoms with Crippen LogP contribution in [0.15, 0.2) is 24.5 Å². The average Bonchev–Trinajstić information content (AvgIpc) is 2.37. The number of pyridine rings is 1. The van der Waals surface area contributed by atoms with Crippen LogP contribution in [0.25, 0.3) is 0 Å². The second-order valence-electron chi connectivity index (χ2n) is 4.34. The predicted octanol–water partition coefficient (Wildman–Crippen LogP) is 0.494. The maximum Gasteiger partial charge on any atom is 0.217 e. The zero-order valence-electron chi connectivity index (χ0n) is 11.1. The molecule has 0 spiro atoms. The van der Waals surface area contributed by atoms with Gasteiger partial charge in [-0.15, -0.1) is 0 Å². The van der Waals surface area contributed by atoms with Crippen LogP contribution >= 0.6 is 0 Å². The largest absolute Gasteiger partial charge is 0.318 e. The van der Waals surface area contributed by atoms with Gasteiger partial charge in [0.25, 0.3) is 0 Å². The molecule has 1 rings (SSSR count). The minimum absolute atomic E-state index is 0.412. The molecule has 0 fully saturated rings. The predicted molar refractivity (Wildman–Crippen MR) is 72.9 cm³/mol. The highest BCUT2D eigenvalue weighted by atomic mass is 32.2. The van der Waals surface area contributed by atoms with E-state index in [0.717, 1.165) is 5.56 Å². The standard InChI is InChI=1S/C12H21N3O2S/c1-11(10-13-2)18(16,17)15(3)9-6-12-4-7-14-8-5-12/h4-5,7-8,11,13H,6,9-10H2,1-3H3. The zero-order chi connectivity index (χ0) is 13.6. The van der Waals surface area contributed by atoms with Crippen molar-refractivity contribution in [3.8, 4) is 0 Å². The van der Waals surface area contributed by atoms with Gasteiger partial charge in [-0.25, -0.2) is 12.7 Å². The van der Waals surface area contributed by atoms with E-state index in [1.807, 2.05) is 12.1 Å². The summed E-state index contributed by atoms with van der Waals surface area (Å²) < 4.78 is 25.7. The first-order valence-corrected chi connectivity index (χ1v) is 7.47. The molecule has 102 valence electrons. The zero-order valence-corrected chi connectivity index (χ0v) is 11.9. The van der Waals surface area contributed by atoms with Crippen LogP contribution in [0.2, 0.25) is 0 Å². The molecule has 0 bridgehead atoms. The van der Waals surface area contributed by atoms with Crippen LogP contribution in [0.5, 0.6) is 0 Å². The van der Waals surface area contributed by atoms with Gasteiger partial charge in [0.05, 0.1) is 5.25 Å². The van der Waals surface area contributed by atoms with E-state index in [4.69, 9.17) is 0 Å². The van der Waals surface area contributed by atoms with Gasteiger partial charge >= 0.3 is 0 Å². The molecule has 1 aromatic rings. The van der Waals surface area contributed by atoms with Crippen molar-refractivity contribution in [3.05, 3.63) is 30.1 Å². The van der Waals surface area contributed by atoms with Crippen molar-refractivity contribution in [3.63, 3.8) is 0 Å². The molecule has 0 saturated heterocycles. The molecule has 0 radical (unpaired) electrons. The van der Waals surface area contributed by atoms with Crippen molar-refractivity contribution in [2.45, 2.75) is 18.6 Å².